The van der Waals surface area contributed by atoms with E-state index in [-0.39, 0.29) is 11.8 Å². The highest BCUT2D eigenvalue weighted by atomic mass is 19.1. The minimum Gasteiger partial charge on any atom is -0.468 e. The van der Waals surface area contributed by atoms with Crippen molar-refractivity contribution in [3.05, 3.63) is 35.1 Å². The zero-order valence-electron chi connectivity index (χ0n) is 11.5. The molecule has 0 saturated carbocycles. The number of hydrogen-bond donors (Lipinski definition) is 1. The molecule has 0 aromatic heterocycles. The maximum absolute atomic E-state index is 13.4. The summed E-state index contributed by atoms with van der Waals surface area (Å²) < 4.78 is 23.5. The van der Waals surface area contributed by atoms with Crippen LogP contribution in [0.4, 0.5) is 4.39 Å². The lowest BCUT2D eigenvalue weighted by atomic mass is 10.1. The van der Waals surface area contributed by atoms with Gasteiger partial charge in [-0.3, -0.25) is 9.69 Å². The van der Waals surface area contributed by atoms with Gasteiger partial charge >= 0.3 is 5.97 Å². The van der Waals surface area contributed by atoms with Gasteiger partial charge in [0.1, 0.15) is 11.9 Å². The van der Waals surface area contributed by atoms with Crippen LogP contribution >= 0.6 is 0 Å². The van der Waals surface area contributed by atoms with Gasteiger partial charge in [-0.05, 0) is 23.3 Å². The Balaban J connectivity index is 2.18. The number of carbonyl (C=O) groups is 1. The number of morpholine rings is 1. The number of nitrogens with zero attached hydrogens (tertiary/aromatic N) is 1. The van der Waals surface area contributed by atoms with Gasteiger partial charge in [0.15, 0.2) is 0 Å². The quantitative estimate of drug-likeness (QED) is 0.822. The lowest BCUT2D eigenvalue weighted by molar-refractivity contribution is -0.153. The molecular formula is C14H19FN2O3. The molecular weight excluding hydrogens is 263 g/mol. The van der Waals surface area contributed by atoms with Crippen LogP contribution in [0.2, 0.25) is 0 Å². The van der Waals surface area contributed by atoms with Gasteiger partial charge in [0.2, 0.25) is 0 Å². The maximum Gasteiger partial charge on any atom is 0.325 e. The van der Waals surface area contributed by atoms with Gasteiger partial charge in [-0.2, -0.15) is 0 Å². The summed E-state index contributed by atoms with van der Waals surface area (Å²) in [5, 5.41) is 0. The molecule has 6 heteroatoms. The fraction of sp³-hybridized carbons (Fsp3) is 0.500. The van der Waals surface area contributed by atoms with Crippen LogP contribution in [0.3, 0.4) is 0 Å². The molecule has 1 aliphatic heterocycles. The Kier molecular flexibility index (Phi) is 5.05. The van der Waals surface area contributed by atoms with E-state index in [2.05, 4.69) is 0 Å². The molecule has 0 aliphatic carbocycles. The van der Waals surface area contributed by atoms with Crippen molar-refractivity contribution >= 4 is 5.97 Å². The summed E-state index contributed by atoms with van der Waals surface area (Å²) >= 11 is 0. The Hall–Kier alpha value is -1.50. The highest BCUT2D eigenvalue weighted by Gasteiger charge is 2.30. The summed E-state index contributed by atoms with van der Waals surface area (Å²) in [6.07, 6.45) is 0. The number of benzene rings is 1. The molecule has 2 N–H and O–H groups in total. The molecule has 1 aliphatic rings. The molecule has 1 aromatic rings. The van der Waals surface area contributed by atoms with Crippen LogP contribution in [-0.4, -0.2) is 43.8 Å². The molecule has 1 fully saturated rings. The van der Waals surface area contributed by atoms with E-state index >= 15 is 0 Å². The first-order chi connectivity index (χ1) is 9.65. The van der Waals surface area contributed by atoms with E-state index in [4.69, 9.17) is 15.2 Å². The first-order valence-electron chi connectivity index (χ1n) is 6.52. The number of esters is 1. The van der Waals surface area contributed by atoms with Gasteiger partial charge in [-0.25, -0.2) is 4.39 Å². The molecule has 2 rings (SSSR count). The number of carbonyl (C=O) groups excluding carboxylic acids is 1. The maximum atomic E-state index is 13.4. The summed E-state index contributed by atoms with van der Waals surface area (Å²) in [4.78, 5) is 13.7. The SMILES string of the molecule is COC(=O)C1COCCN1Cc1cc(F)ccc1CN. The third kappa shape index (κ3) is 3.33. The normalized spacial score (nSPS) is 19.9. The summed E-state index contributed by atoms with van der Waals surface area (Å²) in [5.74, 6) is -0.643. The van der Waals surface area contributed by atoms with Crippen molar-refractivity contribution in [3.8, 4) is 0 Å². The fourth-order valence-electron chi connectivity index (χ4n) is 2.34. The predicted molar refractivity (Wildman–Crippen MR) is 71.3 cm³/mol. The third-order valence-electron chi connectivity index (χ3n) is 3.47. The molecule has 5 nitrogen and oxygen atoms in total. The standard InChI is InChI=1S/C14H19FN2O3/c1-19-14(18)13-9-20-5-4-17(13)8-11-6-12(15)3-2-10(11)7-16/h2-3,6,13H,4-5,7-9,16H2,1H3. The van der Waals surface area contributed by atoms with Crippen LogP contribution in [-0.2, 0) is 27.4 Å². The van der Waals surface area contributed by atoms with Crippen molar-refractivity contribution in [2.45, 2.75) is 19.1 Å². The van der Waals surface area contributed by atoms with Gasteiger partial charge in [-0.1, -0.05) is 6.07 Å². The van der Waals surface area contributed by atoms with Crippen molar-refractivity contribution in [1.29, 1.82) is 0 Å². The van der Waals surface area contributed by atoms with E-state index in [0.29, 0.717) is 32.8 Å². The number of halogens is 1. The monoisotopic (exact) mass is 282 g/mol. The van der Waals surface area contributed by atoms with Crippen LogP contribution in [0.25, 0.3) is 0 Å². The molecule has 0 bridgehead atoms. The van der Waals surface area contributed by atoms with Crippen molar-refractivity contribution in [3.63, 3.8) is 0 Å². The van der Waals surface area contributed by atoms with Gasteiger partial charge < -0.3 is 15.2 Å². The Labute approximate surface area is 117 Å². The highest BCUT2D eigenvalue weighted by Crippen LogP contribution is 2.17. The lowest BCUT2D eigenvalue weighted by Gasteiger charge is -2.34. The first kappa shape index (κ1) is 14.9. The minimum absolute atomic E-state index is 0.292. The smallest absolute Gasteiger partial charge is 0.325 e. The third-order valence-corrected chi connectivity index (χ3v) is 3.47. The second kappa shape index (κ2) is 6.78. The van der Waals surface area contributed by atoms with E-state index in [1.54, 1.807) is 6.07 Å². The van der Waals surface area contributed by atoms with Crippen molar-refractivity contribution in [2.24, 2.45) is 5.73 Å². The van der Waals surface area contributed by atoms with Crippen molar-refractivity contribution in [1.82, 2.24) is 4.90 Å². The van der Waals surface area contributed by atoms with Crippen molar-refractivity contribution in [2.75, 3.05) is 26.9 Å². The zero-order valence-corrected chi connectivity index (χ0v) is 11.5. The average molecular weight is 282 g/mol. The molecule has 110 valence electrons. The predicted octanol–water partition coefficient (Wildman–Crippen LogP) is 0.658. The second-order valence-electron chi connectivity index (χ2n) is 4.70. The number of rotatable bonds is 4. The second-order valence-corrected chi connectivity index (χ2v) is 4.70. The molecule has 1 saturated heterocycles. The molecule has 20 heavy (non-hydrogen) atoms. The summed E-state index contributed by atoms with van der Waals surface area (Å²) in [7, 11) is 1.35. The Morgan fingerprint density at radius 2 is 2.35 bits per heavy atom. The van der Waals surface area contributed by atoms with Crippen LogP contribution < -0.4 is 5.73 Å². The lowest BCUT2D eigenvalue weighted by Crippen LogP contribution is -2.49. The topological polar surface area (TPSA) is 64.8 Å². The number of ether oxygens (including phenoxy) is 2. The minimum atomic E-state index is -0.456. The van der Waals surface area contributed by atoms with Gasteiger partial charge in [-0.15, -0.1) is 0 Å². The largest absolute Gasteiger partial charge is 0.468 e. The average Bonchev–Trinajstić information content (AvgIpc) is 2.47. The molecule has 1 unspecified atom stereocenters. The summed E-state index contributed by atoms with van der Waals surface area (Å²) in [5.41, 5.74) is 7.34. The first-order valence-corrected chi connectivity index (χ1v) is 6.52. The Morgan fingerprint density at radius 1 is 1.55 bits per heavy atom. The summed E-state index contributed by atoms with van der Waals surface area (Å²) in [6, 6.07) is 4.08. The van der Waals surface area contributed by atoms with Crippen LogP contribution in [0.5, 0.6) is 0 Å². The number of methoxy groups -OCH3 is 1. The van der Waals surface area contributed by atoms with Crippen LogP contribution in [0.15, 0.2) is 18.2 Å². The Morgan fingerprint density at radius 3 is 3.05 bits per heavy atom. The molecule has 0 amide bonds. The molecule has 1 atom stereocenters. The zero-order chi connectivity index (χ0) is 14.5. The number of nitrogens with two attached hydrogens (primary N) is 1. The number of hydrogen-bond acceptors (Lipinski definition) is 5. The molecule has 0 radical (unpaired) electrons. The van der Waals surface area contributed by atoms with Gasteiger partial charge in [0.25, 0.3) is 0 Å². The van der Waals surface area contributed by atoms with E-state index in [0.717, 1.165) is 11.1 Å². The molecule has 1 aromatic carbocycles. The van der Waals surface area contributed by atoms with Crippen LogP contribution in [0, 0.1) is 5.82 Å². The Bertz CT molecular complexity index is 481. The van der Waals surface area contributed by atoms with Crippen molar-refractivity contribution < 1.29 is 18.7 Å². The summed E-state index contributed by atoms with van der Waals surface area (Å²) in [6.45, 7) is 2.22. The fourth-order valence-corrected chi connectivity index (χ4v) is 2.34. The van der Waals surface area contributed by atoms with E-state index in [1.807, 2.05) is 4.90 Å². The van der Waals surface area contributed by atoms with E-state index < -0.39 is 6.04 Å². The molecule has 0 spiro atoms. The van der Waals surface area contributed by atoms with Gasteiger partial charge in [0.05, 0.1) is 20.3 Å². The molecule has 1 heterocycles. The highest BCUT2D eigenvalue weighted by molar-refractivity contribution is 5.75. The van der Waals surface area contributed by atoms with E-state index in [1.165, 1.54) is 19.2 Å². The van der Waals surface area contributed by atoms with Crippen LogP contribution in [0.1, 0.15) is 11.1 Å². The van der Waals surface area contributed by atoms with Gasteiger partial charge in [0, 0.05) is 19.6 Å². The van der Waals surface area contributed by atoms with E-state index in [9.17, 15) is 9.18 Å².